The molecule has 34 heavy (non-hydrogen) atoms. The Hall–Kier alpha value is -3.58. The zero-order chi connectivity index (χ0) is 23.1. The summed E-state index contributed by atoms with van der Waals surface area (Å²) < 4.78 is 2.14. The third kappa shape index (κ3) is 3.76. The van der Waals surface area contributed by atoms with Crippen molar-refractivity contribution in [3.8, 4) is 0 Å². The average Bonchev–Trinajstić information content (AvgIpc) is 3.51. The first-order valence-corrected chi connectivity index (χ1v) is 12.0. The Morgan fingerprint density at radius 1 is 1.15 bits per heavy atom. The van der Waals surface area contributed by atoms with Crippen LogP contribution in [0.15, 0.2) is 61.1 Å². The van der Waals surface area contributed by atoms with E-state index in [0.29, 0.717) is 6.54 Å². The van der Waals surface area contributed by atoms with Gasteiger partial charge >= 0.3 is 0 Å². The molecule has 7 nitrogen and oxygen atoms in total. The lowest BCUT2D eigenvalue weighted by Gasteiger charge is -2.32. The molecule has 1 fully saturated rings. The van der Waals surface area contributed by atoms with Crippen molar-refractivity contribution in [1.29, 1.82) is 0 Å². The number of rotatable bonds is 5. The van der Waals surface area contributed by atoms with E-state index < -0.39 is 0 Å². The van der Waals surface area contributed by atoms with Crippen molar-refractivity contribution in [2.75, 3.05) is 24.5 Å². The summed E-state index contributed by atoms with van der Waals surface area (Å²) >= 11 is 6.15. The Kier molecular flexibility index (Phi) is 5.34. The van der Waals surface area contributed by atoms with Gasteiger partial charge in [-0.15, -0.1) is 0 Å². The molecule has 1 saturated heterocycles. The van der Waals surface area contributed by atoms with Crippen LogP contribution in [-0.2, 0) is 11.2 Å². The van der Waals surface area contributed by atoms with Crippen LogP contribution < -0.4 is 10.2 Å². The van der Waals surface area contributed by atoms with E-state index in [1.54, 1.807) is 6.20 Å². The first-order chi connectivity index (χ1) is 16.7. The maximum Gasteiger partial charge on any atom is 0.223 e. The summed E-state index contributed by atoms with van der Waals surface area (Å²) in [4.78, 5) is 27.7. The van der Waals surface area contributed by atoms with Crippen LogP contribution in [0.1, 0.15) is 18.4 Å². The Morgan fingerprint density at radius 2 is 2.00 bits per heavy atom. The Labute approximate surface area is 201 Å². The smallest absolute Gasteiger partial charge is 0.223 e. The normalized spacial score (nSPS) is 14.9. The molecule has 1 aliphatic heterocycles. The van der Waals surface area contributed by atoms with Crippen LogP contribution in [0.5, 0.6) is 0 Å². The third-order valence-corrected chi connectivity index (χ3v) is 7.04. The number of amides is 1. The van der Waals surface area contributed by atoms with Crippen molar-refractivity contribution in [1.82, 2.24) is 24.7 Å². The Bertz CT molecular complexity index is 1500. The molecule has 0 spiro atoms. The fourth-order valence-corrected chi connectivity index (χ4v) is 5.17. The van der Waals surface area contributed by atoms with E-state index in [1.807, 2.05) is 48.8 Å². The first kappa shape index (κ1) is 21.0. The second-order valence-corrected chi connectivity index (χ2v) is 9.29. The Balaban J connectivity index is 1.09. The summed E-state index contributed by atoms with van der Waals surface area (Å²) in [5.74, 6) is 1.10. The molecule has 6 rings (SSSR count). The molecule has 8 heteroatoms. The van der Waals surface area contributed by atoms with Crippen molar-refractivity contribution in [2.24, 2.45) is 5.92 Å². The van der Waals surface area contributed by atoms with Crippen molar-refractivity contribution >= 4 is 50.9 Å². The SMILES string of the molecule is O=C(NCCc1c[nH]c2ccc(Cl)cc12)C1CCN(c2nc3ncccc3n3cccc23)CC1. The van der Waals surface area contributed by atoms with Crippen LogP contribution in [0.2, 0.25) is 5.02 Å². The molecule has 0 bridgehead atoms. The molecule has 0 atom stereocenters. The number of aromatic amines is 1. The van der Waals surface area contributed by atoms with Crippen LogP contribution in [-0.4, -0.2) is 44.9 Å². The molecule has 172 valence electrons. The van der Waals surface area contributed by atoms with Gasteiger partial charge in [0.25, 0.3) is 0 Å². The predicted octanol–water partition coefficient (Wildman–Crippen LogP) is 4.59. The highest BCUT2D eigenvalue weighted by atomic mass is 35.5. The van der Waals surface area contributed by atoms with Gasteiger partial charge in [0.1, 0.15) is 0 Å². The van der Waals surface area contributed by atoms with Crippen LogP contribution in [0.4, 0.5) is 5.82 Å². The number of carbonyl (C=O) groups is 1. The van der Waals surface area contributed by atoms with E-state index >= 15 is 0 Å². The molecule has 2 N–H and O–H groups in total. The number of hydrogen-bond acceptors (Lipinski definition) is 4. The number of aromatic nitrogens is 4. The second-order valence-electron chi connectivity index (χ2n) is 8.85. The van der Waals surface area contributed by atoms with Gasteiger partial charge in [0, 0.05) is 60.1 Å². The monoisotopic (exact) mass is 472 g/mol. The van der Waals surface area contributed by atoms with Crippen LogP contribution in [0, 0.1) is 5.92 Å². The number of carbonyl (C=O) groups excluding carboxylic acids is 1. The summed E-state index contributed by atoms with van der Waals surface area (Å²) in [5.41, 5.74) is 5.03. The van der Waals surface area contributed by atoms with Crippen molar-refractivity contribution in [3.05, 3.63) is 71.6 Å². The molecule has 0 radical (unpaired) electrons. The number of anilines is 1. The van der Waals surface area contributed by atoms with Crippen LogP contribution >= 0.6 is 11.6 Å². The van der Waals surface area contributed by atoms with Crippen LogP contribution in [0.3, 0.4) is 0 Å². The highest BCUT2D eigenvalue weighted by Crippen LogP contribution is 2.28. The number of nitrogens with one attached hydrogen (secondary N) is 2. The van der Waals surface area contributed by atoms with Crippen molar-refractivity contribution in [3.63, 3.8) is 0 Å². The molecule has 1 aliphatic rings. The molecule has 0 unspecified atom stereocenters. The number of piperidine rings is 1. The number of halogens is 1. The number of pyridine rings is 1. The first-order valence-electron chi connectivity index (χ1n) is 11.7. The molecule has 0 aliphatic carbocycles. The molecular formula is C26H25ClN6O. The molecular weight excluding hydrogens is 448 g/mol. The minimum Gasteiger partial charge on any atom is -0.361 e. The van der Waals surface area contributed by atoms with E-state index in [1.165, 1.54) is 5.56 Å². The highest BCUT2D eigenvalue weighted by molar-refractivity contribution is 6.31. The number of nitrogens with zero attached hydrogens (tertiary/aromatic N) is 4. The van der Waals surface area contributed by atoms with E-state index in [-0.39, 0.29) is 11.8 Å². The van der Waals surface area contributed by atoms with E-state index in [4.69, 9.17) is 16.6 Å². The van der Waals surface area contributed by atoms with Gasteiger partial charge in [0.2, 0.25) is 5.91 Å². The highest BCUT2D eigenvalue weighted by Gasteiger charge is 2.27. The van der Waals surface area contributed by atoms with Crippen LogP contribution in [0.25, 0.3) is 27.6 Å². The zero-order valence-electron chi connectivity index (χ0n) is 18.7. The molecule has 5 aromatic rings. The maximum absolute atomic E-state index is 12.8. The average molecular weight is 473 g/mol. The quantitative estimate of drug-likeness (QED) is 0.392. The standard InChI is InChI=1S/C26H25ClN6O/c27-19-5-6-21-20(15-19)18(16-30-21)7-11-29-26(34)17-8-13-32(14-9-17)25-23-4-2-12-33(23)22-3-1-10-28-24(22)31-25/h1-6,10,12,15-17,30H,7-9,11,13-14H2,(H,29,34). The number of hydrogen-bond donors (Lipinski definition) is 2. The molecule has 0 saturated carbocycles. The third-order valence-electron chi connectivity index (χ3n) is 6.80. The van der Waals surface area contributed by atoms with Gasteiger partial charge in [-0.1, -0.05) is 11.6 Å². The number of benzene rings is 1. The topological polar surface area (TPSA) is 78.3 Å². The Morgan fingerprint density at radius 3 is 2.88 bits per heavy atom. The van der Waals surface area contributed by atoms with Gasteiger partial charge in [-0.2, -0.15) is 0 Å². The molecule has 1 amide bonds. The molecule has 4 aromatic heterocycles. The number of H-pyrrole nitrogens is 1. The lowest BCUT2D eigenvalue weighted by molar-refractivity contribution is -0.125. The fraction of sp³-hybridized carbons (Fsp3) is 0.269. The number of fused-ring (bicyclic) bond motifs is 4. The van der Waals surface area contributed by atoms with E-state index in [2.05, 4.69) is 30.7 Å². The van der Waals surface area contributed by atoms with Crippen molar-refractivity contribution in [2.45, 2.75) is 19.3 Å². The van der Waals surface area contributed by atoms with Crippen molar-refractivity contribution < 1.29 is 4.79 Å². The summed E-state index contributed by atoms with van der Waals surface area (Å²) in [6.07, 6.45) is 8.21. The summed E-state index contributed by atoms with van der Waals surface area (Å²) in [6.45, 7) is 2.21. The lowest BCUT2D eigenvalue weighted by atomic mass is 9.95. The van der Waals surface area contributed by atoms with Gasteiger partial charge in [0.15, 0.2) is 11.5 Å². The second kappa shape index (κ2) is 8.65. The zero-order valence-corrected chi connectivity index (χ0v) is 19.4. The largest absolute Gasteiger partial charge is 0.361 e. The minimum absolute atomic E-state index is 0.0232. The van der Waals surface area contributed by atoms with Gasteiger partial charge in [-0.25, -0.2) is 9.97 Å². The van der Waals surface area contributed by atoms with Gasteiger partial charge in [-0.3, -0.25) is 4.79 Å². The fourth-order valence-electron chi connectivity index (χ4n) is 5.00. The molecule has 1 aromatic carbocycles. The minimum atomic E-state index is 0.0232. The van der Waals surface area contributed by atoms with E-state index in [9.17, 15) is 4.79 Å². The summed E-state index contributed by atoms with van der Waals surface area (Å²) in [5, 5.41) is 4.98. The molecule has 5 heterocycles. The summed E-state index contributed by atoms with van der Waals surface area (Å²) in [6, 6.07) is 13.9. The van der Waals surface area contributed by atoms with Gasteiger partial charge in [0.05, 0.1) is 11.0 Å². The van der Waals surface area contributed by atoms with E-state index in [0.717, 1.165) is 70.8 Å². The van der Waals surface area contributed by atoms with Gasteiger partial charge in [-0.05, 0) is 67.3 Å². The van der Waals surface area contributed by atoms with Gasteiger partial charge < -0.3 is 19.6 Å². The summed E-state index contributed by atoms with van der Waals surface area (Å²) in [7, 11) is 0. The lowest BCUT2D eigenvalue weighted by Crippen LogP contribution is -2.41. The predicted molar refractivity (Wildman–Crippen MR) is 135 cm³/mol. The maximum atomic E-state index is 12.8.